The molecule has 0 atom stereocenters. The second-order valence-corrected chi connectivity index (χ2v) is 2.76. The molecule has 0 fully saturated rings. The molecule has 0 aromatic rings. The minimum absolute atomic E-state index is 0.0305. The van der Waals surface area contributed by atoms with Crippen molar-refractivity contribution in [2.75, 3.05) is 20.3 Å². The Morgan fingerprint density at radius 3 is 2.85 bits per heavy atom. The van der Waals surface area contributed by atoms with E-state index in [1.54, 1.807) is 7.11 Å². The summed E-state index contributed by atoms with van der Waals surface area (Å²) in [6.07, 6.45) is 3.49. The van der Waals surface area contributed by atoms with E-state index < -0.39 is 0 Å². The van der Waals surface area contributed by atoms with Crippen LogP contribution in [0.3, 0.4) is 0 Å². The number of carbonyl (C=O) groups is 2. The van der Waals surface area contributed by atoms with Gasteiger partial charge in [0.05, 0.1) is 6.61 Å². The molecule has 0 aromatic carbocycles. The van der Waals surface area contributed by atoms with E-state index in [-0.39, 0.29) is 5.91 Å². The molecule has 0 spiro atoms. The van der Waals surface area contributed by atoms with Gasteiger partial charge in [-0.2, -0.15) is 0 Å². The summed E-state index contributed by atoms with van der Waals surface area (Å²) in [4.78, 5) is 21.0. The number of carbonyl (C=O) groups excluding carboxylic acids is 2. The number of unbranched alkanes of at least 4 members (excludes halogenated alkanes) is 2. The second kappa shape index (κ2) is 9.19. The Morgan fingerprint density at radius 2 is 2.23 bits per heavy atom. The van der Waals surface area contributed by atoms with Gasteiger partial charge in [0.15, 0.2) is 0 Å². The summed E-state index contributed by atoms with van der Waals surface area (Å²) in [5.41, 5.74) is 0. The highest BCUT2D eigenvalue weighted by molar-refractivity contribution is 5.75. The first-order valence-corrected chi connectivity index (χ1v) is 4.50. The smallest absolute Gasteiger partial charge is 0.220 e. The largest absolute Gasteiger partial charge is 0.383 e. The van der Waals surface area contributed by atoms with E-state index in [0.717, 1.165) is 19.1 Å². The maximum Gasteiger partial charge on any atom is 0.220 e. The predicted molar refractivity (Wildman–Crippen MR) is 49.4 cm³/mol. The van der Waals surface area contributed by atoms with Crippen molar-refractivity contribution in [3.8, 4) is 0 Å². The van der Waals surface area contributed by atoms with Crippen LogP contribution in [0.1, 0.15) is 25.7 Å². The lowest BCUT2D eigenvalue weighted by molar-refractivity contribution is -0.121. The predicted octanol–water partition coefficient (Wildman–Crippen LogP) is 0.508. The lowest BCUT2D eigenvalue weighted by atomic mass is 10.2. The molecule has 0 saturated carbocycles. The van der Waals surface area contributed by atoms with E-state index in [4.69, 9.17) is 4.74 Å². The van der Waals surface area contributed by atoms with Crippen LogP contribution < -0.4 is 5.32 Å². The van der Waals surface area contributed by atoms with Gasteiger partial charge in [-0.1, -0.05) is 0 Å². The highest BCUT2D eigenvalue weighted by Crippen LogP contribution is 1.97. The zero-order valence-corrected chi connectivity index (χ0v) is 8.04. The highest BCUT2D eigenvalue weighted by Gasteiger charge is 1.98. The average molecular weight is 187 g/mol. The van der Waals surface area contributed by atoms with Gasteiger partial charge < -0.3 is 14.8 Å². The maximum atomic E-state index is 11.0. The summed E-state index contributed by atoms with van der Waals surface area (Å²) in [5, 5.41) is 2.71. The molecule has 0 aromatic heterocycles. The van der Waals surface area contributed by atoms with Crippen LogP contribution in [0.25, 0.3) is 0 Å². The molecule has 0 rings (SSSR count). The van der Waals surface area contributed by atoms with Crippen LogP contribution in [0.5, 0.6) is 0 Å². The Kier molecular flexibility index (Phi) is 8.55. The number of hydrogen-bond donors (Lipinski definition) is 1. The van der Waals surface area contributed by atoms with E-state index in [2.05, 4.69) is 5.32 Å². The molecule has 0 heterocycles. The summed E-state index contributed by atoms with van der Waals surface area (Å²) in [7, 11) is 1.59. The summed E-state index contributed by atoms with van der Waals surface area (Å²) in [6.45, 7) is 1.10. The van der Waals surface area contributed by atoms with Gasteiger partial charge in [0.25, 0.3) is 0 Å². The third-order valence-corrected chi connectivity index (χ3v) is 1.60. The fourth-order valence-electron chi connectivity index (χ4n) is 0.894. The normalized spacial score (nSPS) is 9.62. The Balaban J connectivity index is 3.15. The van der Waals surface area contributed by atoms with E-state index in [1.807, 2.05) is 0 Å². The Hall–Kier alpha value is -0.900. The molecule has 13 heavy (non-hydrogen) atoms. The molecule has 0 saturated heterocycles. The van der Waals surface area contributed by atoms with E-state index in [0.29, 0.717) is 26.0 Å². The van der Waals surface area contributed by atoms with Gasteiger partial charge in [-0.15, -0.1) is 0 Å². The highest BCUT2D eigenvalue weighted by atomic mass is 16.5. The first kappa shape index (κ1) is 12.1. The second-order valence-electron chi connectivity index (χ2n) is 2.76. The maximum absolute atomic E-state index is 11.0. The number of aldehydes is 1. The summed E-state index contributed by atoms with van der Waals surface area (Å²) in [5.74, 6) is 0.0305. The first-order chi connectivity index (χ1) is 6.31. The fourth-order valence-corrected chi connectivity index (χ4v) is 0.894. The third-order valence-electron chi connectivity index (χ3n) is 1.60. The molecule has 0 aliphatic carbocycles. The molecule has 1 amide bonds. The van der Waals surface area contributed by atoms with Crippen molar-refractivity contribution in [1.82, 2.24) is 5.32 Å². The van der Waals surface area contributed by atoms with Gasteiger partial charge in [0, 0.05) is 26.5 Å². The van der Waals surface area contributed by atoms with Gasteiger partial charge in [-0.05, 0) is 12.8 Å². The lowest BCUT2D eigenvalue weighted by Gasteiger charge is -2.02. The van der Waals surface area contributed by atoms with Gasteiger partial charge in [0.1, 0.15) is 6.29 Å². The average Bonchev–Trinajstić information content (AvgIpc) is 2.13. The molecule has 4 nitrogen and oxygen atoms in total. The van der Waals surface area contributed by atoms with Crippen molar-refractivity contribution in [3.05, 3.63) is 0 Å². The Bertz CT molecular complexity index is 148. The number of hydrogen-bond acceptors (Lipinski definition) is 3. The first-order valence-electron chi connectivity index (χ1n) is 4.50. The SMILES string of the molecule is COCCNC(=O)CCCCC=O. The molecular formula is C9H17NO3. The third kappa shape index (κ3) is 9.01. The Morgan fingerprint density at radius 1 is 1.46 bits per heavy atom. The van der Waals surface area contributed by atoms with Crippen molar-refractivity contribution < 1.29 is 14.3 Å². The van der Waals surface area contributed by atoms with Crippen molar-refractivity contribution in [3.63, 3.8) is 0 Å². The fraction of sp³-hybridized carbons (Fsp3) is 0.778. The molecule has 0 unspecified atom stereocenters. The molecular weight excluding hydrogens is 170 g/mol. The monoisotopic (exact) mass is 187 g/mol. The van der Waals surface area contributed by atoms with Gasteiger partial charge >= 0.3 is 0 Å². The van der Waals surface area contributed by atoms with Crippen LogP contribution in [-0.4, -0.2) is 32.5 Å². The number of amides is 1. The summed E-state index contributed by atoms with van der Waals surface area (Å²) < 4.78 is 4.77. The minimum Gasteiger partial charge on any atom is -0.383 e. The van der Waals surface area contributed by atoms with Crippen molar-refractivity contribution in [2.24, 2.45) is 0 Å². The molecule has 0 aliphatic heterocycles. The van der Waals surface area contributed by atoms with Crippen LogP contribution in [0, 0.1) is 0 Å². The van der Waals surface area contributed by atoms with Gasteiger partial charge in [0.2, 0.25) is 5.91 Å². The van der Waals surface area contributed by atoms with Gasteiger partial charge in [-0.25, -0.2) is 0 Å². The zero-order chi connectivity index (χ0) is 9.94. The molecule has 0 aliphatic rings. The van der Waals surface area contributed by atoms with Gasteiger partial charge in [-0.3, -0.25) is 4.79 Å². The standard InChI is InChI=1S/C9H17NO3/c1-13-8-6-10-9(12)5-3-2-4-7-11/h7H,2-6,8H2,1H3,(H,10,12). The van der Waals surface area contributed by atoms with Crippen molar-refractivity contribution >= 4 is 12.2 Å². The number of methoxy groups -OCH3 is 1. The van der Waals surface area contributed by atoms with Crippen LogP contribution >= 0.6 is 0 Å². The number of nitrogens with one attached hydrogen (secondary N) is 1. The Labute approximate surface area is 78.6 Å². The molecule has 0 bridgehead atoms. The molecule has 0 radical (unpaired) electrons. The van der Waals surface area contributed by atoms with Crippen molar-refractivity contribution in [2.45, 2.75) is 25.7 Å². The van der Waals surface area contributed by atoms with Crippen LogP contribution in [0.4, 0.5) is 0 Å². The quantitative estimate of drug-likeness (QED) is 0.445. The van der Waals surface area contributed by atoms with Crippen LogP contribution in [0.15, 0.2) is 0 Å². The van der Waals surface area contributed by atoms with E-state index in [1.165, 1.54) is 0 Å². The van der Waals surface area contributed by atoms with E-state index in [9.17, 15) is 9.59 Å². The number of ether oxygens (including phenoxy) is 1. The summed E-state index contributed by atoms with van der Waals surface area (Å²) >= 11 is 0. The summed E-state index contributed by atoms with van der Waals surface area (Å²) in [6, 6.07) is 0. The molecule has 4 heteroatoms. The molecule has 1 N–H and O–H groups in total. The topological polar surface area (TPSA) is 55.4 Å². The van der Waals surface area contributed by atoms with Crippen LogP contribution in [-0.2, 0) is 14.3 Å². The number of rotatable bonds is 8. The van der Waals surface area contributed by atoms with Crippen molar-refractivity contribution in [1.29, 1.82) is 0 Å². The zero-order valence-electron chi connectivity index (χ0n) is 8.04. The van der Waals surface area contributed by atoms with Crippen LogP contribution in [0.2, 0.25) is 0 Å². The molecule has 76 valence electrons. The minimum atomic E-state index is 0.0305. The van der Waals surface area contributed by atoms with E-state index >= 15 is 0 Å². The lowest BCUT2D eigenvalue weighted by Crippen LogP contribution is -2.26.